The van der Waals surface area contributed by atoms with Gasteiger partial charge in [0.25, 0.3) is 0 Å². The van der Waals surface area contributed by atoms with Crippen LogP contribution in [0, 0.1) is 0 Å². The van der Waals surface area contributed by atoms with Crippen LogP contribution in [0.1, 0.15) is 24.8 Å². The van der Waals surface area contributed by atoms with Crippen LogP contribution in [0.25, 0.3) is 0 Å². The molecule has 3 rings (SSSR count). The van der Waals surface area contributed by atoms with Gasteiger partial charge in [-0.2, -0.15) is 0 Å². The summed E-state index contributed by atoms with van der Waals surface area (Å²) in [6.45, 7) is 6.41. The molecule has 2 aromatic rings. The van der Waals surface area contributed by atoms with Gasteiger partial charge in [0.05, 0.1) is 13.7 Å². The number of anilines is 1. The number of methoxy groups -OCH3 is 1. The lowest BCUT2D eigenvalue weighted by molar-refractivity contribution is -0.130. The van der Waals surface area contributed by atoms with Crippen molar-refractivity contribution in [2.24, 2.45) is 4.99 Å². The number of hydrogen-bond acceptors (Lipinski definition) is 4. The van der Waals surface area contributed by atoms with Gasteiger partial charge >= 0.3 is 0 Å². The summed E-state index contributed by atoms with van der Waals surface area (Å²) in [5, 5.41) is 6.47. The van der Waals surface area contributed by atoms with Crippen molar-refractivity contribution in [1.29, 1.82) is 0 Å². The minimum atomic E-state index is 0.104. The van der Waals surface area contributed by atoms with Gasteiger partial charge in [-0.05, 0) is 42.2 Å². The zero-order chi connectivity index (χ0) is 22.8. The molecule has 0 aliphatic carbocycles. The third-order valence-electron chi connectivity index (χ3n) is 5.94. The highest BCUT2D eigenvalue weighted by Gasteiger charge is 2.21. The van der Waals surface area contributed by atoms with E-state index in [1.165, 1.54) is 11.3 Å². The van der Waals surface area contributed by atoms with E-state index >= 15 is 0 Å². The van der Waals surface area contributed by atoms with Crippen molar-refractivity contribution in [2.45, 2.75) is 19.3 Å². The highest BCUT2D eigenvalue weighted by atomic mass is 16.5. The topological polar surface area (TPSA) is 69.2 Å². The van der Waals surface area contributed by atoms with E-state index in [0.717, 1.165) is 44.9 Å². The number of amides is 1. The van der Waals surface area contributed by atoms with Crippen LogP contribution in [0.5, 0.6) is 5.75 Å². The molecule has 0 bridgehead atoms. The fourth-order valence-corrected chi connectivity index (χ4v) is 3.85. The van der Waals surface area contributed by atoms with Gasteiger partial charge < -0.3 is 25.2 Å². The number of rotatable bonds is 8. The van der Waals surface area contributed by atoms with Crippen molar-refractivity contribution in [3.05, 3.63) is 60.2 Å². The Kier molecular flexibility index (Phi) is 8.78. The largest absolute Gasteiger partial charge is 0.497 e. The summed E-state index contributed by atoms with van der Waals surface area (Å²) in [6.07, 6.45) is 0.961. The highest BCUT2D eigenvalue weighted by Crippen LogP contribution is 2.21. The van der Waals surface area contributed by atoms with Gasteiger partial charge in [-0.3, -0.25) is 9.79 Å². The SMILES string of the molecule is CN=C(NCCC(C)c1ccc(OC)cc1)NCC(=O)N1CCN(c2ccccc2)CC1. The minimum Gasteiger partial charge on any atom is -0.497 e. The van der Waals surface area contributed by atoms with Crippen molar-refractivity contribution < 1.29 is 9.53 Å². The first-order valence-corrected chi connectivity index (χ1v) is 11.3. The maximum Gasteiger partial charge on any atom is 0.242 e. The molecule has 1 unspecified atom stereocenters. The van der Waals surface area contributed by atoms with Crippen LogP contribution >= 0.6 is 0 Å². The van der Waals surface area contributed by atoms with E-state index in [1.807, 2.05) is 35.2 Å². The van der Waals surface area contributed by atoms with Crippen LogP contribution in [-0.4, -0.2) is 70.2 Å². The highest BCUT2D eigenvalue weighted by molar-refractivity contribution is 5.86. The molecule has 1 aliphatic rings. The first-order chi connectivity index (χ1) is 15.6. The summed E-state index contributed by atoms with van der Waals surface area (Å²) in [6, 6.07) is 18.5. The lowest BCUT2D eigenvalue weighted by Crippen LogP contribution is -2.52. The van der Waals surface area contributed by atoms with Gasteiger partial charge in [-0.1, -0.05) is 37.3 Å². The molecule has 172 valence electrons. The minimum absolute atomic E-state index is 0.104. The second-order valence-corrected chi connectivity index (χ2v) is 8.02. The molecule has 1 aliphatic heterocycles. The monoisotopic (exact) mass is 437 g/mol. The van der Waals surface area contributed by atoms with Gasteiger partial charge in [0, 0.05) is 45.5 Å². The fraction of sp³-hybridized carbons (Fsp3) is 0.440. The van der Waals surface area contributed by atoms with Crippen LogP contribution in [0.15, 0.2) is 59.6 Å². The Balaban J connectivity index is 1.36. The van der Waals surface area contributed by atoms with Crippen molar-refractivity contribution >= 4 is 17.6 Å². The average Bonchev–Trinajstić information content (AvgIpc) is 2.86. The van der Waals surface area contributed by atoms with Gasteiger partial charge in [-0.15, -0.1) is 0 Å². The maximum atomic E-state index is 12.6. The summed E-state index contributed by atoms with van der Waals surface area (Å²) in [5.74, 6) is 2.04. The van der Waals surface area contributed by atoms with Crippen molar-refractivity contribution in [2.75, 3.05) is 58.3 Å². The number of benzene rings is 2. The maximum absolute atomic E-state index is 12.6. The molecule has 2 aromatic carbocycles. The first-order valence-electron chi connectivity index (χ1n) is 11.3. The van der Waals surface area contributed by atoms with E-state index in [2.05, 4.69) is 51.7 Å². The molecule has 0 aromatic heterocycles. The summed E-state index contributed by atoms with van der Waals surface area (Å²) in [5.41, 5.74) is 2.49. The normalized spacial score (nSPS) is 15.3. The van der Waals surface area contributed by atoms with Crippen LogP contribution in [-0.2, 0) is 4.79 Å². The number of ether oxygens (including phenoxy) is 1. The Hall–Kier alpha value is -3.22. The molecule has 1 saturated heterocycles. The van der Waals surface area contributed by atoms with E-state index in [1.54, 1.807) is 14.2 Å². The number of piperazine rings is 1. The molecule has 7 heteroatoms. The van der Waals surface area contributed by atoms with E-state index in [0.29, 0.717) is 11.9 Å². The summed E-state index contributed by atoms with van der Waals surface area (Å²) < 4.78 is 5.22. The number of para-hydroxylation sites is 1. The van der Waals surface area contributed by atoms with Crippen LogP contribution < -0.4 is 20.3 Å². The second kappa shape index (κ2) is 12.0. The van der Waals surface area contributed by atoms with E-state index in [9.17, 15) is 4.79 Å². The molecule has 7 nitrogen and oxygen atoms in total. The smallest absolute Gasteiger partial charge is 0.242 e. The Morgan fingerprint density at radius 1 is 1.03 bits per heavy atom. The summed E-state index contributed by atoms with van der Waals surface area (Å²) in [4.78, 5) is 21.1. The Morgan fingerprint density at radius 3 is 2.34 bits per heavy atom. The second-order valence-electron chi connectivity index (χ2n) is 8.02. The molecule has 32 heavy (non-hydrogen) atoms. The van der Waals surface area contributed by atoms with Crippen LogP contribution in [0.3, 0.4) is 0 Å². The Morgan fingerprint density at radius 2 is 1.72 bits per heavy atom. The zero-order valence-electron chi connectivity index (χ0n) is 19.4. The number of carbonyl (C=O) groups is 1. The van der Waals surface area contributed by atoms with Crippen molar-refractivity contribution in [3.8, 4) is 5.75 Å². The number of aliphatic imine (C=N–C) groups is 1. The molecule has 0 radical (unpaired) electrons. The number of guanidine groups is 1. The predicted octanol–water partition coefficient (Wildman–Crippen LogP) is 2.70. The van der Waals surface area contributed by atoms with Crippen molar-refractivity contribution in [1.82, 2.24) is 15.5 Å². The molecule has 2 N–H and O–H groups in total. The Bertz CT molecular complexity index is 862. The summed E-state index contributed by atoms with van der Waals surface area (Å²) >= 11 is 0. The number of nitrogens with one attached hydrogen (secondary N) is 2. The third kappa shape index (κ3) is 6.64. The van der Waals surface area contributed by atoms with E-state index in [4.69, 9.17) is 4.74 Å². The zero-order valence-corrected chi connectivity index (χ0v) is 19.4. The molecular weight excluding hydrogens is 402 g/mol. The van der Waals surface area contributed by atoms with Gasteiger partial charge in [0.1, 0.15) is 5.75 Å². The third-order valence-corrected chi connectivity index (χ3v) is 5.94. The molecule has 1 heterocycles. The number of hydrogen-bond donors (Lipinski definition) is 2. The molecule has 1 amide bonds. The standard InChI is InChI=1S/C25H35N5O2/c1-20(21-9-11-23(32-3)12-10-21)13-14-27-25(26-2)28-19-24(31)30-17-15-29(16-18-30)22-7-5-4-6-8-22/h4-12,20H,13-19H2,1-3H3,(H2,26,27,28). The number of carbonyl (C=O) groups excluding carboxylic acids is 1. The summed E-state index contributed by atoms with van der Waals surface area (Å²) in [7, 11) is 3.40. The van der Waals surface area contributed by atoms with Crippen LogP contribution in [0.4, 0.5) is 5.69 Å². The number of nitrogens with zero attached hydrogens (tertiary/aromatic N) is 3. The molecule has 0 saturated carbocycles. The quantitative estimate of drug-likeness (QED) is 0.491. The van der Waals surface area contributed by atoms with E-state index < -0.39 is 0 Å². The molecular formula is C25H35N5O2. The lowest BCUT2D eigenvalue weighted by atomic mass is 9.98. The van der Waals surface area contributed by atoms with E-state index in [-0.39, 0.29) is 12.5 Å². The molecule has 0 spiro atoms. The van der Waals surface area contributed by atoms with Gasteiger partial charge in [0.15, 0.2) is 5.96 Å². The van der Waals surface area contributed by atoms with Gasteiger partial charge in [-0.25, -0.2) is 0 Å². The van der Waals surface area contributed by atoms with Gasteiger partial charge in [0.2, 0.25) is 5.91 Å². The van der Waals surface area contributed by atoms with Crippen LogP contribution in [0.2, 0.25) is 0 Å². The lowest BCUT2D eigenvalue weighted by Gasteiger charge is -2.36. The Labute approximate surface area is 191 Å². The predicted molar refractivity (Wildman–Crippen MR) is 131 cm³/mol. The fourth-order valence-electron chi connectivity index (χ4n) is 3.85. The molecule has 1 fully saturated rings. The first kappa shape index (κ1) is 23.4. The average molecular weight is 438 g/mol. The molecule has 1 atom stereocenters. The van der Waals surface area contributed by atoms with Crippen molar-refractivity contribution in [3.63, 3.8) is 0 Å².